The van der Waals surface area contributed by atoms with Gasteiger partial charge in [-0.2, -0.15) is 0 Å². The fourth-order valence-corrected chi connectivity index (χ4v) is 7.52. The molecule has 1 heterocycles. The number of oxazole rings is 1. The lowest BCUT2D eigenvalue weighted by atomic mass is 9.97. The average molecular weight is 665 g/mol. The van der Waals surface area contributed by atoms with Gasteiger partial charge in [-0.1, -0.05) is 140 Å². The smallest absolute Gasteiger partial charge is 0.227 e. The van der Waals surface area contributed by atoms with E-state index in [0.29, 0.717) is 5.89 Å². The lowest BCUT2D eigenvalue weighted by Gasteiger charge is -2.27. The van der Waals surface area contributed by atoms with Crippen molar-refractivity contribution in [2.24, 2.45) is 0 Å². The predicted molar refractivity (Wildman–Crippen MR) is 218 cm³/mol. The van der Waals surface area contributed by atoms with E-state index in [2.05, 4.69) is 163 Å². The Kier molecular flexibility index (Phi) is 7.14. The third kappa shape index (κ3) is 5.19. The zero-order valence-corrected chi connectivity index (χ0v) is 28.3. The van der Waals surface area contributed by atoms with Gasteiger partial charge in [0.25, 0.3) is 0 Å². The Morgan fingerprint density at radius 1 is 0.404 bits per heavy atom. The van der Waals surface area contributed by atoms with Gasteiger partial charge < -0.3 is 9.32 Å². The highest BCUT2D eigenvalue weighted by molar-refractivity contribution is 6.13. The summed E-state index contributed by atoms with van der Waals surface area (Å²) >= 11 is 0. The zero-order valence-electron chi connectivity index (χ0n) is 28.3. The largest absolute Gasteiger partial charge is 0.436 e. The molecule has 0 unspecified atom stereocenters. The molecule has 10 aromatic rings. The van der Waals surface area contributed by atoms with Gasteiger partial charge in [-0.15, -0.1) is 0 Å². The number of anilines is 3. The molecule has 0 amide bonds. The number of hydrogen-bond donors (Lipinski definition) is 0. The van der Waals surface area contributed by atoms with Crippen molar-refractivity contribution in [3.05, 3.63) is 194 Å². The summed E-state index contributed by atoms with van der Waals surface area (Å²) in [5, 5.41) is 7.07. The number of nitrogens with zero attached hydrogens (tertiary/aromatic N) is 2. The second-order valence-corrected chi connectivity index (χ2v) is 13.2. The monoisotopic (exact) mass is 664 g/mol. The predicted octanol–water partition coefficient (Wildman–Crippen LogP) is 13.8. The number of fused-ring (bicyclic) bond motifs is 5. The van der Waals surface area contributed by atoms with Crippen molar-refractivity contribution in [3.63, 3.8) is 0 Å². The van der Waals surface area contributed by atoms with Crippen molar-refractivity contribution in [2.75, 3.05) is 4.90 Å². The maximum atomic E-state index is 6.39. The van der Waals surface area contributed by atoms with E-state index in [4.69, 9.17) is 9.40 Å². The van der Waals surface area contributed by atoms with Crippen LogP contribution in [0.2, 0.25) is 0 Å². The van der Waals surface area contributed by atoms with E-state index in [1.807, 2.05) is 36.4 Å². The Balaban J connectivity index is 1.17. The highest BCUT2D eigenvalue weighted by Crippen LogP contribution is 2.44. The average Bonchev–Trinajstić information content (AvgIpc) is 3.66. The number of hydrogen-bond acceptors (Lipinski definition) is 3. The summed E-state index contributed by atoms with van der Waals surface area (Å²) in [5.41, 5.74) is 10.4. The van der Waals surface area contributed by atoms with Crippen LogP contribution >= 0.6 is 0 Å². The molecule has 0 aliphatic rings. The molecule has 3 nitrogen and oxygen atoms in total. The van der Waals surface area contributed by atoms with Gasteiger partial charge in [0.1, 0.15) is 5.52 Å². The molecule has 0 radical (unpaired) electrons. The second kappa shape index (κ2) is 12.4. The van der Waals surface area contributed by atoms with Gasteiger partial charge in [0.2, 0.25) is 5.89 Å². The van der Waals surface area contributed by atoms with Crippen LogP contribution in [0.5, 0.6) is 0 Å². The Morgan fingerprint density at radius 2 is 1.08 bits per heavy atom. The van der Waals surface area contributed by atoms with Crippen molar-refractivity contribution in [1.82, 2.24) is 4.98 Å². The van der Waals surface area contributed by atoms with Gasteiger partial charge >= 0.3 is 0 Å². The second-order valence-electron chi connectivity index (χ2n) is 13.2. The van der Waals surface area contributed by atoms with E-state index < -0.39 is 0 Å². The molecule has 0 aliphatic heterocycles. The molecule has 244 valence electrons. The summed E-state index contributed by atoms with van der Waals surface area (Å²) in [7, 11) is 0. The lowest BCUT2D eigenvalue weighted by molar-refractivity contribution is 0.620. The van der Waals surface area contributed by atoms with E-state index in [0.717, 1.165) is 50.1 Å². The van der Waals surface area contributed by atoms with Crippen molar-refractivity contribution in [3.8, 4) is 33.7 Å². The zero-order chi connectivity index (χ0) is 34.4. The van der Waals surface area contributed by atoms with Crippen molar-refractivity contribution in [1.29, 1.82) is 0 Å². The van der Waals surface area contributed by atoms with Crippen LogP contribution in [-0.2, 0) is 0 Å². The number of rotatable bonds is 6. The van der Waals surface area contributed by atoms with Crippen LogP contribution in [0.15, 0.2) is 199 Å². The van der Waals surface area contributed by atoms with Crippen LogP contribution in [0.3, 0.4) is 0 Å². The molecule has 0 N–H and O–H groups in total. The molecular weight excluding hydrogens is 633 g/mol. The van der Waals surface area contributed by atoms with Crippen molar-refractivity contribution >= 4 is 60.5 Å². The molecular formula is C49H32N2O. The highest BCUT2D eigenvalue weighted by Gasteiger charge is 2.20. The molecule has 0 aliphatic carbocycles. The van der Waals surface area contributed by atoms with Crippen molar-refractivity contribution in [2.45, 2.75) is 0 Å². The molecule has 9 aromatic carbocycles. The fraction of sp³-hybridized carbons (Fsp3) is 0. The summed E-state index contributed by atoms with van der Waals surface area (Å²) < 4.78 is 6.39. The minimum atomic E-state index is 0.613. The van der Waals surface area contributed by atoms with Gasteiger partial charge in [-0.3, -0.25) is 0 Å². The molecule has 0 fully saturated rings. The molecule has 0 saturated carbocycles. The van der Waals surface area contributed by atoms with Gasteiger partial charge in [0, 0.05) is 22.3 Å². The maximum absolute atomic E-state index is 6.39. The minimum absolute atomic E-state index is 0.613. The standard InChI is InChI=1S/C49H32N2O/c1-2-13-37(14-3-1)49-50-48-46(52-49)30-27-36-17-10-22-45(47(36)48)51(41-28-25-34(26-29-41)39-24-23-33-11-4-5-15-38(33)31-39)42-19-8-18-40(32-42)44-21-9-16-35-12-6-7-20-43(35)44/h1-32H. The third-order valence-corrected chi connectivity index (χ3v) is 10.1. The van der Waals surface area contributed by atoms with E-state index in [9.17, 15) is 0 Å². The van der Waals surface area contributed by atoms with Crippen molar-refractivity contribution < 1.29 is 4.42 Å². The molecule has 10 rings (SSSR count). The lowest BCUT2D eigenvalue weighted by Crippen LogP contribution is -2.10. The minimum Gasteiger partial charge on any atom is -0.436 e. The van der Waals surface area contributed by atoms with E-state index >= 15 is 0 Å². The molecule has 0 bridgehead atoms. The quantitative estimate of drug-likeness (QED) is 0.177. The Bertz CT molecular complexity index is 2900. The Hall–Kier alpha value is -6.97. The van der Waals surface area contributed by atoms with E-state index in [-0.39, 0.29) is 0 Å². The fourth-order valence-electron chi connectivity index (χ4n) is 7.52. The van der Waals surface area contributed by atoms with Crippen LogP contribution in [0.25, 0.3) is 77.1 Å². The van der Waals surface area contributed by atoms with E-state index in [1.54, 1.807) is 0 Å². The number of benzene rings is 9. The Labute approximate surface area is 301 Å². The first-order chi connectivity index (χ1) is 25.8. The summed E-state index contributed by atoms with van der Waals surface area (Å²) in [6, 6.07) is 68.9. The molecule has 0 atom stereocenters. The Morgan fingerprint density at radius 3 is 1.96 bits per heavy atom. The van der Waals surface area contributed by atoms with Gasteiger partial charge in [0.15, 0.2) is 5.58 Å². The molecule has 3 heteroatoms. The molecule has 0 spiro atoms. The summed E-state index contributed by atoms with van der Waals surface area (Å²) in [5.74, 6) is 0.613. The first kappa shape index (κ1) is 29.9. The van der Waals surface area contributed by atoms with Gasteiger partial charge in [0.05, 0.1) is 5.69 Å². The summed E-state index contributed by atoms with van der Waals surface area (Å²) in [6.07, 6.45) is 0. The van der Waals surface area contributed by atoms with Crippen LogP contribution in [0, 0.1) is 0 Å². The summed E-state index contributed by atoms with van der Waals surface area (Å²) in [6.45, 7) is 0. The molecule has 52 heavy (non-hydrogen) atoms. The van der Waals surface area contributed by atoms with Crippen LogP contribution in [-0.4, -0.2) is 4.98 Å². The molecule has 0 saturated heterocycles. The highest BCUT2D eigenvalue weighted by atomic mass is 16.3. The van der Waals surface area contributed by atoms with Gasteiger partial charge in [-0.25, -0.2) is 4.98 Å². The van der Waals surface area contributed by atoms with Crippen LogP contribution in [0.4, 0.5) is 17.1 Å². The number of aromatic nitrogens is 1. The first-order valence-corrected chi connectivity index (χ1v) is 17.6. The normalized spacial score (nSPS) is 11.5. The first-order valence-electron chi connectivity index (χ1n) is 17.6. The SMILES string of the molecule is c1ccc(-c2nc3c(ccc4cccc(N(c5ccc(-c6ccc7ccccc7c6)cc5)c5cccc(-c6cccc7ccccc67)c5)c43)o2)cc1. The topological polar surface area (TPSA) is 29.3 Å². The summed E-state index contributed by atoms with van der Waals surface area (Å²) in [4.78, 5) is 7.48. The van der Waals surface area contributed by atoms with Crippen LogP contribution in [0.1, 0.15) is 0 Å². The van der Waals surface area contributed by atoms with Crippen LogP contribution < -0.4 is 4.90 Å². The maximum Gasteiger partial charge on any atom is 0.227 e. The molecule has 1 aromatic heterocycles. The third-order valence-electron chi connectivity index (χ3n) is 10.1. The van der Waals surface area contributed by atoms with E-state index in [1.165, 1.54) is 38.2 Å². The van der Waals surface area contributed by atoms with Gasteiger partial charge in [-0.05, 0) is 104 Å².